The average Bonchev–Trinajstić information content (AvgIpc) is 2.52. The molecule has 0 aliphatic carbocycles. The Bertz CT molecular complexity index is 812. The smallest absolute Gasteiger partial charge is 0.261 e. The summed E-state index contributed by atoms with van der Waals surface area (Å²) >= 11 is 14.6. The normalized spacial score (nSPS) is 10.5. The average molecular weight is 442 g/mol. The van der Waals surface area contributed by atoms with E-state index in [4.69, 9.17) is 28.6 Å². The highest BCUT2D eigenvalue weighted by Gasteiger charge is 2.16. The number of halogens is 2. The van der Waals surface area contributed by atoms with Crippen LogP contribution in [-0.2, 0) is 0 Å². The van der Waals surface area contributed by atoms with E-state index in [2.05, 4.69) is 26.6 Å². The summed E-state index contributed by atoms with van der Waals surface area (Å²) in [5, 5.41) is 6.43. The second-order valence-corrected chi connectivity index (χ2v) is 7.43. The van der Waals surface area contributed by atoms with E-state index in [-0.39, 0.29) is 17.1 Å². The van der Waals surface area contributed by atoms with Crippen LogP contribution in [-0.4, -0.2) is 17.1 Å². The molecular weight excluding hydrogens is 424 g/mol. The Morgan fingerprint density at radius 3 is 2.64 bits per heavy atom. The predicted molar refractivity (Wildman–Crippen MR) is 110 cm³/mol. The van der Waals surface area contributed by atoms with Gasteiger partial charge in [0.2, 0.25) is 0 Å². The molecule has 132 valence electrons. The minimum absolute atomic E-state index is 0.0492. The van der Waals surface area contributed by atoms with Crippen LogP contribution in [0.25, 0.3) is 0 Å². The van der Waals surface area contributed by atoms with Crippen molar-refractivity contribution in [1.29, 1.82) is 0 Å². The summed E-state index contributed by atoms with van der Waals surface area (Å²) < 4.78 is 6.47. The van der Waals surface area contributed by atoms with Gasteiger partial charge in [0.15, 0.2) is 5.11 Å². The standard InChI is InChI=1S/C18H18BrClN2O2S/c1-10(2)24-16-7-5-12(19)8-14(16)17(23)22-18(25)21-15-9-13(20)6-4-11(15)3/h4-10H,1-3H3,(H2,21,22,23,25). The maximum atomic E-state index is 12.6. The number of anilines is 1. The van der Waals surface area contributed by atoms with Gasteiger partial charge in [-0.25, -0.2) is 0 Å². The number of rotatable bonds is 4. The van der Waals surface area contributed by atoms with Crippen molar-refractivity contribution in [3.8, 4) is 5.75 Å². The van der Waals surface area contributed by atoms with Gasteiger partial charge in [-0.05, 0) is 68.9 Å². The quantitative estimate of drug-likeness (QED) is 0.630. The van der Waals surface area contributed by atoms with Crippen molar-refractivity contribution in [3.05, 3.63) is 57.0 Å². The first kappa shape index (κ1) is 19.7. The molecule has 0 spiro atoms. The lowest BCUT2D eigenvalue weighted by Gasteiger charge is -2.16. The number of ether oxygens (including phenoxy) is 1. The van der Waals surface area contributed by atoms with Crippen LogP contribution in [0.4, 0.5) is 5.69 Å². The Hall–Kier alpha value is -1.63. The highest BCUT2D eigenvalue weighted by atomic mass is 79.9. The molecule has 0 unspecified atom stereocenters. The first-order valence-corrected chi connectivity index (χ1v) is 9.19. The first-order valence-electron chi connectivity index (χ1n) is 7.61. The first-order chi connectivity index (χ1) is 11.8. The highest BCUT2D eigenvalue weighted by Crippen LogP contribution is 2.24. The zero-order valence-corrected chi connectivity index (χ0v) is 17.2. The Morgan fingerprint density at radius 1 is 1.24 bits per heavy atom. The molecule has 4 nitrogen and oxygen atoms in total. The predicted octanol–water partition coefficient (Wildman–Crippen LogP) is 5.32. The number of thiocarbonyl (C=S) groups is 1. The van der Waals surface area contributed by atoms with Crippen molar-refractivity contribution in [3.63, 3.8) is 0 Å². The second kappa shape index (κ2) is 8.65. The zero-order chi connectivity index (χ0) is 18.6. The molecule has 0 heterocycles. The van der Waals surface area contributed by atoms with Gasteiger partial charge in [0, 0.05) is 15.2 Å². The van der Waals surface area contributed by atoms with Crippen molar-refractivity contribution in [1.82, 2.24) is 5.32 Å². The molecule has 2 aromatic carbocycles. The molecule has 0 saturated heterocycles. The van der Waals surface area contributed by atoms with Crippen molar-refractivity contribution >= 4 is 56.5 Å². The van der Waals surface area contributed by atoms with E-state index in [0.29, 0.717) is 16.3 Å². The van der Waals surface area contributed by atoms with Gasteiger partial charge in [0.25, 0.3) is 5.91 Å². The Balaban J connectivity index is 2.15. The zero-order valence-electron chi connectivity index (χ0n) is 14.0. The molecule has 0 atom stereocenters. The van der Waals surface area contributed by atoms with Crippen molar-refractivity contribution in [2.75, 3.05) is 5.32 Å². The number of carbonyl (C=O) groups excluding carboxylic acids is 1. The van der Waals surface area contributed by atoms with Crippen LogP contribution in [0, 0.1) is 6.92 Å². The van der Waals surface area contributed by atoms with Gasteiger partial charge in [-0.15, -0.1) is 0 Å². The van der Waals surface area contributed by atoms with E-state index in [1.165, 1.54) is 0 Å². The number of amides is 1. The molecule has 0 radical (unpaired) electrons. The molecule has 2 N–H and O–H groups in total. The van der Waals surface area contributed by atoms with Crippen LogP contribution in [0.5, 0.6) is 5.75 Å². The van der Waals surface area contributed by atoms with E-state index in [1.54, 1.807) is 24.3 Å². The summed E-state index contributed by atoms with van der Waals surface area (Å²) in [6.07, 6.45) is -0.0492. The van der Waals surface area contributed by atoms with Gasteiger partial charge in [-0.1, -0.05) is 33.6 Å². The minimum atomic E-state index is -0.353. The summed E-state index contributed by atoms with van der Waals surface area (Å²) in [5.74, 6) is 0.145. The summed E-state index contributed by atoms with van der Waals surface area (Å²) in [4.78, 5) is 12.6. The third kappa shape index (κ3) is 5.70. The van der Waals surface area contributed by atoms with Gasteiger partial charge in [-0.2, -0.15) is 0 Å². The summed E-state index contributed by atoms with van der Waals surface area (Å²) in [7, 11) is 0. The number of nitrogens with one attached hydrogen (secondary N) is 2. The maximum absolute atomic E-state index is 12.6. The molecule has 2 rings (SSSR count). The largest absolute Gasteiger partial charge is 0.490 e. The van der Waals surface area contributed by atoms with E-state index in [0.717, 1.165) is 15.7 Å². The molecular formula is C18H18BrClN2O2S. The third-order valence-corrected chi connectivity index (χ3v) is 4.16. The Kier molecular flexibility index (Phi) is 6.81. The summed E-state index contributed by atoms with van der Waals surface area (Å²) in [6.45, 7) is 5.72. The van der Waals surface area contributed by atoms with E-state index in [9.17, 15) is 4.79 Å². The topological polar surface area (TPSA) is 50.4 Å². The fourth-order valence-electron chi connectivity index (χ4n) is 2.09. The lowest BCUT2D eigenvalue weighted by atomic mass is 10.2. The van der Waals surface area contributed by atoms with Crippen LogP contribution in [0.15, 0.2) is 40.9 Å². The van der Waals surface area contributed by atoms with Crippen molar-refractivity contribution in [2.45, 2.75) is 26.9 Å². The SMILES string of the molecule is Cc1ccc(Cl)cc1NC(=S)NC(=O)c1cc(Br)ccc1OC(C)C. The monoisotopic (exact) mass is 440 g/mol. The lowest BCUT2D eigenvalue weighted by Crippen LogP contribution is -2.34. The minimum Gasteiger partial charge on any atom is -0.490 e. The van der Waals surface area contributed by atoms with Gasteiger partial charge >= 0.3 is 0 Å². The van der Waals surface area contributed by atoms with Crippen LogP contribution in [0.2, 0.25) is 5.02 Å². The molecule has 0 aromatic heterocycles. The molecule has 0 bridgehead atoms. The number of carbonyl (C=O) groups is 1. The van der Waals surface area contributed by atoms with Crippen LogP contribution in [0.1, 0.15) is 29.8 Å². The number of hydrogen-bond donors (Lipinski definition) is 2. The molecule has 7 heteroatoms. The van der Waals surface area contributed by atoms with Crippen LogP contribution >= 0.6 is 39.7 Å². The molecule has 0 fully saturated rings. The van der Waals surface area contributed by atoms with Crippen molar-refractivity contribution < 1.29 is 9.53 Å². The Morgan fingerprint density at radius 2 is 1.96 bits per heavy atom. The molecule has 1 amide bonds. The van der Waals surface area contributed by atoms with Crippen LogP contribution < -0.4 is 15.4 Å². The fraction of sp³-hybridized carbons (Fsp3) is 0.222. The van der Waals surface area contributed by atoms with Crippen LogP contribution in [0.3, 0.4) is 0 Å². The molecule has 25 heavy (non-hydrogen) atoms. The van der Waals surface area contributed by atoms with Crippen molar-refractivity contribution in [2.24, 2.45) is 0 Å². The Labute approximate surface area is 166 Å². The maximum Gasteiger partial charge on any atom is 0.261 e. The van der Waals surface area contributed by atoms with Gasteiger partial charge in [0.05, 0.1) is 11.7 Å². The summed E-state index contributed by atoms with van der Waals surface area (Å²) in [5.41, 5.74) is 2.10. The van der Waals surface area contributed by atoms with Gasteiger partial charge in [-0.3, -0.25) is 10.1 Å². The number of benzene rings is 2. The van der Waals surface area contributed by atoms with Gasteiger partial charge < -0.3 is 10.1 Å². The third-order valence-electron chi connectivity index (χ3n) is 3.22. The van der Waals surface area contributed by atoms with E-state index >= 15 is 0 Å². The molecule has 0 saturated carbocycles. The number of aryl methyl sites for hydroxylation is 1. The number of hydrogen-bond acceptors (Lipinski definition) is 3. The second-order valence-electron chi connectivity index (χ2n) is 5.67. The molecule has 0 aliphatic rings. The van der Waals surface area contributed by atoms with Gasteiger partial charge in [0.1, 0.15) is 5.75 Å². The lowest BCUT2D eigenvalue weighted by molar-refractivity contribution is 0.0972. The summed E-state index contributed by atoms with van der Waals surface area (Å²) in [6, 6.07) is 10.7. The van der Waals surface area contributed by atoms with E-state index < -0.39 is 0 Å². The molecule has 2 aromatic rings. The van der Waals surface area contributed by atoms with E-state index in [1.807, 2.05) is 32.9 Å². The highest BCUT2D eigenvalue weighted by molar-refractivity contribution is 9.10. The fourth-order valence-corrected chi connectivity index (χ4v) is 2.83. The molecule has 0 aliphatic heterocycles.